The molecular weight excluding hydrogens is 230 g/mol. The van der Waals surface area contributed by atoms with E-state index in [0.717, 1.165) is 19.4 Å². The SMILES string of the molecule is NC(=O)c1cc(N)ccc1NCC1CCCCO1. The standard InChI is InChI=1S/C13H19N3O2/c14-9-4-5-12(11(7-9)13(15)17)16-8-10-3-1-2-6-18-10/h4-5,7,10,16H,1-3,6,8,14H2,(H2,15,17). The lowest BCUT2D eigenvalue weighted by atomic mass is 10.1. The number of nitrogens with one attached hydrogen (secondary N) is 1. The molecule has 1 aliphatic heterocycles. The molecule has 5 N–H and O–H groups in total. The monoisotopic (exact) mass is 249 g/mol. The highest BCUT2D eigenvalue weighted by atomic mass is 16.5. The van der Waals surface area contributed by atoms with Gasteiger partial charge in [-0.15, -0.1) is 0 Å². The molecule has 2 rings (SSSR count). The van der Waals surface area contributed by atoms with Gasteiger partial charge in [-0.25, -0.2) is 0 Å². The molecule has 1 aromatic rings. The molecule has 1 unspecified atom stereocenters. The summed E-state index contributed by atoms with van der Waals surface area (Å²) in [7, 11) is 0. The Labute approximate surface area is 106 Å². The van der Waals surface area contributed by atoms with Gasteiger partial charge in [-0.05, 0) is 37.5 Å². The Hall–Kier alpha value is -1.75. The summed E-state index contributed by atoms with van der Waals surface area (Å²) in [5.74, 6) is -0.477. The number of nitrogen functional groups attached to an aromatic ring is 1. The molecule has 1 aromatic carbocycles. The second kappa shape index (κ2) is 5.73. The van der Waals surface area contributed by atoms with Crippen molar-refractivity contribution < 1.29 is 9.53 Å². The fourth-order valence-electron chi connectivity index (χ4n) is 2.11. The van der Waals surface area contributed by atoms with Crippen LogP contribution in [0.4, 0.5) is 11.4 Å². The van der Waals surface area contributed by atoms with Gasteiger partial charge in [0.25, 0.3) is 5.91 Å². The molecule has 0 aliphatic carbocycles. The number of rotatable bonds is 4. The first-order valence-electron chi connectivity index (χ1n) is 6.21. The van der Waals surface area contributed by atoms with Gasteiger partial charge in [0, 0.05) is 24.5 Å². The van der Waals surface area contributed by atoms with Gasteiger partial charge in [0.2, 0.25) is 0 Å². The first-order chi connectivity index (χ1) is 8.66. The predicted molar refractivity (Wildman–Crippen MR) is 71.5 cm³/mol. The van der Waals surface area contributed by atoms with Crippen LogP contribution in [0.1, 0.15) is 29.6 Å². The number of hydrogen-bond acceptors (Lipinski definition) is 4. The molecular formula is C13H19N3O2. The minimum Gasteiger partial charge on any atom is -0.399 e. The number of anilines is 2. The second-order valence-electron chi connectivity index (χ2n) is 4.54. The summed E-state index contributed by atoms with van der Waals surface area (Å²) in [4.78, 5) is 11.3. The molecule has 0 aromatic heterocycles. The van der Waals surface area contributed by atoms with Crippen LogP contribution >= 0.6 is 0 Å². The third-order valence-electron chi connectivity index (χ3n) is 3.10. The van der Waals surface area contributed by atoms with E-state index in [1.807, 2.05) is 0 Å². The highest BCUT2D eigenvalue weighted by molar-refractivity contribution is 5.99. The van der Waals surface area contributed by atoms with Gasteiger partial charge in [-0.1, -0.05) is 0 Å². The molecule has 1 fully saturated rings. The number of benzene rings is 1. The Morgan fingerprint density at radius 1 is 1.44 bits per heavy atom. The van der Waals surface area contributed by atoms with Crippen LogP contribution in [0, 0.1) is 0 Å². The molecule has 1 amide bonds. The first kappa shape index (κ1) is 12.7. The zero-order chi connectivity index (χ0) is 13.0. The molecule has 1 heterocycles. The summed E-state index contributed by atoms with van der Waals surface area (Å²) < 4.78 is 5.62. The summed E-state index contributed by atoms with van der Waals surface area (Å²) in [6.45, 7) is 1.50. The number of amides is 1. The number of nitrogens with two attached hydrogens (primary N) is 2. The predicted octanol–water partition coefficient (Wildman–Crippen LogP) is 1.35. The summed E-state index contributed by atoms with van der Waals surface area (Å²) in [5, 5.41) is 3.21. The van der Waals surface area contributed by atoms with Crippen molar-refractivity contribution in [3.8, 4) is 0 Å². The van der Waals surface area contributed by atoms with Crippen LogP contribution in [0.5, 0.6) is 0 Å². The van der Waals surface area contributed by atoms with Crippen molar-refractivity contribution in [1.82, 2.24) is 0 Å². The van der Waals surface area contributed by atoms with E-state index in [1.165, 1.54) is 6.42 Å². The zero-order valence-electron chi connectivity index (χ0n) is 10.3. The van der Waals surface area contributed by atoms with Crippen LogP contribution in [0.3, 0.4) is 0 Å². The first-order valence-corrected chi connectivity index (χ1v) is 6.21. The molecule has 1 aliphatic rings. The minimum atomic E-state index is -0.477. The molecule has 5 heteroatoms. The fraction of sp³-hybridized carbons (Fsp3) is 0.462. The van der Waals surface area contributed by atoms with E-state index in [-0.39, 0.29) is 6.10 Å². The minimum absolute atomic E-state index is 0.206. The van der Waals surface area contributed by atoms with E-state index in [0.29, 0.717) is 23.5 Å². The van der Waals surface area contributed by atoms with Gasteiger partial charge in [0.1, 0.15) is 0 Å². The van der Waals surface area contributed by atoms with Crippen LogP contribution < -0.4 is 16.8 Å². The van der Waals surface area contributed by atoms with Crippen LogP contribution in [0.25, 0.3) is 0 Å². The highest BCUT2D eigenvalue weighted by Gasteiger charge is 2.15. The second-order valence-corrected chi connectivity index (χ2v) is 4.54. The highest BCUT2D eigenvalue weighted by Crippen LogP contribution is 2.20. The zero-order valence-corrected chi connectivity index (χ0v) is 10.3. The molecule has 1 atom stereocenters. The Bertz CT molecular complexity index is 428. The average molecular weight is 249 g/mol. The van der Waals surface area contributed by atoms with Gasteiger partial charge in [-0.2, -0.15) is 0 Å². The van der Waals surface area contributed by atoms with E-state index in [9.17, 15) is 4.79 Å². The molecule has 0 radical (unpaired) electrons. The lowest BCUT2D eigenvalue weighted by molar-refractivity contribution is 0.0247. The summed E-state index contributed by atoms with van der Waals surface area (Å²) in [6.07, 6.45) is 3.58. The van der Waals surface area contributed by atoms with Gasteiger partial charge in [-0.3, -0.25) is 4.79 Å². The quantitative estimate of drug-likeness (QED) is 0.702. The Balaban J connectivity index is 2.01. The van der Waals surface area contributed by atoms with Crippen molar-refractivity contribution >= 4 is 17.3 Å². The molecule has 98 valence electrons. The van der Waals surface area contributed by atoms with Crippen LogP contribution in [-0.4, -0.2) is 25.2 Å². The van der Waals surface area contributed by atoms with Gasteiger partial charge < -0.3 is 21.5 Å². The van der Waals surface area contributed by atoms with E-state index < -0.39 is 5.91 Å². The topological polar surface area (TPSA) is 90.4 Å². The number of ether oxygens (including phenoxy) is 1. The Morgan fingerprint density at radius 3 is 2.94 bits per heavy atom. The third kappa shape index (κ3) is 3.13. The van der Waals surface area contributed by atoms with Crippen LogP contribution in [0.15, 0.2) is 18.2 Å². The third-order valence-corrected chi connectivity index (χ3v) is 3.10. The smallest absolute Gasteiger partial charge is 0.250 e. The van der Waals surface area contributed by atoms with Gasteiger partial charge in [0.05, 0.1) is 11.7 Å². The average Bonchev–Trinajstić information content (AvgIpc) is 2.38. The van der Waals surface area contributed by atoms with E-state index in [2.05, 4.69) is 5.32 Å². The van der Waals surface area contributed by atoms with Crippen molar-refractivity contribution in [2.75, 3.05) is 24.2 Å². The Morgan fingerprint density at radius 2 is 2.28 bits per heavy atom. The van der Waals surface area contributed by atoms with E-state index in [1.54, 1.807) is 18.2 Å². The number of carbonyl (C=O) groups is 1. The van der Waals surface area contributed by atoms with Crippen molar-refractivity contribution in [2.24, 2.45) is 5.73 Å². The Kier molecular flexibility index (Phi) is 4.04. The van der Waals surface area contributed by atoms with Crippen LogP contribution in [-0.2, 0) is 4.74 Å². The number of hydrogen-bond donors (Lipinski definition) is 3. The van der Waals surface area contributed by atoms with E-state index >= 15 is 0 Å². The van der Waals surface area contributed by atoms with Crippen molar-refractivity contribution in [1.29, 1.82) is 0 Å². The van der Waals surface area contributed by atoms with Gasteiger partial charge >= 0.3 is 0 Å². The lowest BCUT2D eigenvalue weighted by Gasteiger charge is -2.23. The maximum Gasteiger partial charge on any atom is 0.250 e. The molecule has 0 spiro atoms. The maximum atomic E-state index is 11.3. The molecule has 0 bridgehead atoms. The van der Waals surface area contributed by atoms with Crippen molar-refractivity contribution in [2.45, 2.75) is 25.4 Å². The van der Waals surface area contributed by atoms with Crippen molar-refractivity contribution in [3.63, 3.8) is 0 Å². The van der Waals surface area contributed by atoms with Crippen LogP contribution in [0.2, 0.25) is 0 Å². The number of primary amides is 1. The largest absolute Gasteiger partial charge is 0.399 e. The van der Waals surface area contributed by atoms with Gasteiger partial charge in [0.15, 0.2) is 0 Å². The molecule has 1 saturated heterocycles. The van der Waals surface area contributed by atoms with Crippen molar-refractivity contribution in [3.05, 3.63) is 23.8 Å². The lowest BCUT2D eigenvalue weighted by Crippen LogP contribution is -2.27. The fourth-order valence-corrected chi connectivity index (χ4v) is 2.11. The summed E-state index contributed by atoms with van der Waals surface area (Å²) in [6, 6.07) is 5.11. The molecule has 0 saturated carbocycles. The summed E-state index contributed by atoms with van der Waals surface area (Å²) in [5.41, 5.74) is 12.6. The molecule has 18 heavy (non-hydrogen) atoms. The molecule has 5 nitrogen and oxygen atoms in total. The summed E-state index contributed by atoms with van der Waals surface area (Å²) >= 11 is 0. The normalized spacial score (nSPS) is 19.4. The van der Waals surface area contributed by atoms with E-state index in [4.69, 9.17) is 16.2 Å². The number of carbonyl (C=O) groups excluding carboxylic acids is 1. The maximum absolute atomic E-state index is 11.3.